The molecule has 0 saturated carbocycles. The standard InChI is InChI=1S/C14H20N4O3/c1-4-15-13(19)11-5-6-12(17-16-11)18-7-9(2)10(8-18)14(20)21-3/h5-6,9-10H,4,7-8H2,1-3H3,(H,15,19). The molecule has 0 spiro atoms. The highest BCUT2D eigenvalue weighted by molar-refractivity contribution is 5.92. The number of carbonyl (C=O) groups is 2. The summed E-state index contributed by atoms with van der Waals surface area (Å²) in [6.45, 7) is 5.68. The van der Waals surface area contributed by atoms with Crippen LogP contribution < -0.4 is 10.2 Å². The molecular formula is C14H20N4O3. The highest BCUT2D eigenvalue weighted by atomic mass is 16.5. The number of methoxy groups -OCH3 is 1. The summed E-state index contributed by atoms with van der Waals surface area (Å²) in [5.41, 5.74) is 0.289. The smallest absolute Gasteiger partial charge is 0.310 e. The van der Waals surface area contributed by atoms with Gasteiger partial charge < -0.3 is 15.0 Å². The van der Waals surface area contributed by atoms with E-state index < -0.39 is 0 Å². The zero-order valence-electron chi connectivity index (χ0n) is 12.5. The molecule has 1 aliphatic rings. The van der Waals surface area contributed by atoms with E-state index in [1.165, 1.54) is 7.11 Å². The van der Waals surface area contributed by atoms with Gasteiger partial charge in [0, 0.05) is 19.6 Å². The molecule has 1 aromatic heterocycles. The second-order valence-corrected chi connectivity index (χ2v) is 5.15. The molecule has 1 fully saturated rings. The molecule has 0 radical (unpaired) electrons. The van der Waals surface area contributed by atoms with E-state index >= 15 is 0 Å². The van der Waals surface area contributed by atoms with Crippen molar-refractivity contribution in [2.24, 2.45) is 11.8 Å². The first-order chi connectivity index (χ1) is 10.1. The minimum atomic E-state index is -0.237. The lowest BCUT2D eigenvalue weighted by Gasteiger charge is -2.16. The number of anilines is 1. The maximum atomic E-state index is 11.7. The lowest BCUT2D eigenvalue weighted by atomic mass is 9.99. The van der Waals surface area contributed by atoms with Crippen molar-refractivity contribution in [3.05, 3.63) is 17.8 Å². The van der Waals surface area contributed by atoms with Crippen molar-refractivity contribution in [3.63, 3.8) is 0 Å². The Kier molecular flexibility index (Phi) is 4.72. The molecule has 114 valence electrons. The van der Waals surface area contributed by atoms with Crippen molar-refractivity contribution in [2.75, 3.05) is 31.6 Å². The van der Waals surface area contributed by atoms with Crippen LogP contribution in [0.2, 0.25) is 0 Å². The van der Waals surface area contributed by atoms with E-state index in [2.05, 4.69) is 15.5 Å². The first-order valence-electron chi connectivity index (χ1n) is 7.01. The van der Waals surface area contributed by atoms with Gasteiger partial charge in [0.1, 0.15) is 0 Å². The number of esters is 1. The first kappa shape index (κ1) is 15.2. The second-order valence-electron chi connectivity index (χ2n) is 5.15. The van der Waals surface area contributed by atoms with E-state index in [-0.39, 0.29) is 29.4 Å². The van der Waals surface area contributed by atoms with Gasteiger partial charge in [-0.3, -0.25) is 9.59 Å². The molecule has 2 atom stereocenters. The van der Waals surface area contributed by atoms with Gasteiger partial charge in [0.25, 0.3) is 5.91 Å². The van der Waals surface area contributed by atoms with E-state index in [0.717, 1.165) is 6.54 Å². The van der Waals surface area contributed by atoms with Gasteiger partial charge in [0.15, 0.2) is 11.5 Å². The van der Waals surface area contributed by atoms with Crippen LogP contribution in [0.5, 0.6) is 0 Å². The molecule has 2 heterocycles. The SMILES string of the molecule is CCNC(=O)c1ccc(N2CC(C)C(C(=O)OC)C2)nn1. The van der Waals surface area contributed by atoms with Crippen molar-refractivity contribution in [3.8, 4) is 0 Å². The average molecular weight is 292 g/mol. The monoisotopic (exact) mass is 292 g/mol. The predicted molar refractivity (Wildman–Crippen MR) is 76.9 cm³/mol. The fourth-order valence-electron chi connectivity index (χ4n) is 2.48. The van der Waals surface area contributed by atoms with Crippen LogP contribution in [0, 0.1) is 11.8 Å². The Bertz CT molecular complexity index is 517. The second kappa shape index (κ2) is 6.51. The van der Waals surface area contributed by atoms with Crippen molar-refractivity contribution in [2.45, 2.75) is 13.8 Å². The number of rotatable bonds is 4. The number of aromatic nitrogens is 2. The average Bonchev–Trinajstić information content (AvgIpc) is 2.89. The molecule has 21 heavy (non-hydrogen) atoms. The van der Waals surface area contributed by atoms with Gasteiger partial charge in [0.2, 0.25) is 0 Å². The summed E-state index contributed by atoms with van der Waals surface area (Å²) in [5, 5.41) is 10.7. The maximum Gasteiger partial charge on any atom is 0.310 e. The van der Waals surface area contributed by atoms with Crippen molar-refractivity contribution >= 4 is 17.7 Å². The summed E-state index contributed by atoms with van der Waals surface area (Å²) in [5.74, 6) is 0.277. The highest BCUT2D eigenvalue weighted by Crippen LogP contribution is 2.27. The first-order valence-corrected chi connectivity index (χ1v) is 7.01. The van der Waals surface area contributed by atoms with Crippen LogP contribution in [0.15, 0.2) is 12.1 Å². The molecule has 7 heteroatoms. The lowest BCUT2D eigenvalue weighted by molar-refractivity contribution is -0.145. The largest absolute Gasteiger partial charge is 0.469 e. The topological polar surface area (TPSA) is 84.4 Å². The van der Waals surface area contributed by atoms with Crippen LogP contribution in [0.3, 0.4) is 0 Å². The molecule has 2 unspecified atom stereocenters. The Balaban J connectivity index is 2.06. The minimum absolute atomic E-state index is 0.153. The summed E-state index contributed by atoms with van der Waals surface area (Å²) in [4.78, 5) is 25.3. The fraction of sp³-hybridized carbons (Fsp3) is 0.571. The molecule has 1 N–H and O–H groups in total. The molecule has 1 aromatic rings. The summed E-state index contributed by atoms with van der Waals surface area (Å²) < 4.78 is 4.81. The summed E-state index contributed by atoms with van der Waals surface area (Å²) in [6.07, 6.45) is 0. The Hall–Kier alpha value is -2.18. The van der Waals surface area contributed by atoms with Crippen LogP contribution >= 0.6 is 0 Å². The molecule has 0 bridgehead atoms. The van der Waals surface area contributed by atoms with Crippen molar-refractivity contribution in [1.29, 1.82) is 0 Å². The fourth-order valence-corrected chi connectivity index (χ4v) is 2.48. The van der Waals surface area contributed by atoms with Crippen molar-refractivity contribution < 1.29 is 14.3 Å². The Labute approximate surface area is 123 Å². The Morgan fingerprint density at radius 3 is 2.71 bits per heavy atom. The quantitative estimate of drug-likeness (QED) is 0.812. The number of hydrogen-bond donors (Lipinski definition) is 1. The van der Waals surface area contributed by atoms with E-state index in [1.807, 2.05) is 18.7 Å². The molecule has 0 aromatic carbocycles. The van der Waals surface area contributed by atoms with Gasteiger partial charge in [-0.05, 0) is 25.0 Å². The highest BCUT2D eigenvalue weighted by Gasteiger charge is 2.36. The van der Waals surface area contributed by atoms with Gasteiger partial charge in [0.05, 0.1) is 13.0 Å². The molecule has 1 amide bonds. The molecule has 2 rings (SSSR count). The zero-order valence-corrected chi connectivity index (χ0v) is 12.5. The van der Waals surface area contributed by atoms with E-state index in [9.17, 15) is 9.59 Å². The molecule has 1 saturated heterocycles. The van der Waals surface area contributed by atoms with E-state index in [4.69, 9.17) is 4.74 Å². The maximum absolute atomic E-state index is 11.7. The van der Waals surface area contributed by atoms with E-state index in [1.54, 1.807) is 12.1 Å². The van der Waals surface area contributed by atoms with Crippen LogP contribution in [0.1, 0.15) is 24.3 Å². The van der Waals surface area contributed by atoms with Crippen LogP contribution in [0.4, 0.5) is 5.82 Å². The number of nitrogens with one attached hydrogen (secondary N) is 1. The zero-order chi connectivity index (χ0) is 15.4. The Morgan fingerprint density at radius 2 is 2.14 bits per heavy atom. The normalized spacial score (nSPS) is 21.2. The third kappa shape index (κ3) is 3.29. The number of hydrogen-bond acceptors (Lipinski definition) is 6. The third-order valence-corrected chi connectivity index (χ3v) is 3.66. The molecule has 7 nitrogen and oxygen atoms in total. The van der Waals surface area contributed by atoms with E-state index in [0.29, 0.717) is 18.9 Å². The number of amides is 1. The van der Waals surface area contributed by atoms with Gasteiger partial charge in [-0.15, -0.1) is 10.2 Å². The lowest BCUT2D eigenvalue weighted by Crippen LogP contribution is -2.26. The molecule has 0 aliphatic carbocycles. The summed E-state index contributed by atoms with van der Waals surface area (Å²) >= 11 is 0. The summed E-state index contributed by atoms with van der Waals surface area (Å²) in [7, 11) is 1.40. The van der Waals surface area contributed by atoms with Crippen molar-refractivity contribution in [1.82, 2.24) is 15.5 Å². The summed E-state index contributed by atoms with van der Waals surface area (Å²) in [6, 6.07) is 3.40. The number of nitrogens with zero attached hydrogens (tertiary/aromatic N) is 3. The third-order valence-electron chi connectivity index (χ3n) is 3.66. The van der Waals surface area contributed by atoms with Gasteiger partial charge in [-0.2, -0.15) is 0 Å². The molecule has 1 aliphatic heterocycles. The molecular weight excluding hydrogens is 272 g/mol. The Morgan fingerprint density at radius 1 is 1.38 bits per heavy atom. The van der Waals surface area contributed by atoms with Crippen LogP contribution in [0.25, 0.3) is 0 Å². The van der Waals surface area contributed by atoms with Gasteiger partial charge in [-0.25, -0.2) is 0 Å². The van der Waals surface area contributed by atoms with Crippen LogP contribution in [-0.2, 0) is 9.53 Å². The van der Waals surface area contributed by atoms with Gasteiger partial charge >= 0.3 is 5.97 Å². The van der Waals surface area contributed by atoms with Gasteiger partial charge in [-0.1, -0.05) is 6.92 Å². The number of ether oxygens (including phenoxy) is 1. The minimum Gasteiger partial charge on any atom is -0.469 e. The van der Waals surface area contributed by atoms with Crippen LogP contribution in [-0.4, -0.2) is 48.8 Å². The number of carbonyl (C=O) groups excluding carboxylic acids is 2. The predicted octanol–water partition coefficient (Wildman–Crippen LogP) is 0.472.